The second-order valence-electron chi connectivity index (χ2n) is 5.36. The summed E-state index contributed by atoms with van der Waals surface area (Å²) < 4.78 is 15.6. The second-order valence-corrected chi connectivity index (χ2v) is 5.36. The summed E-state index contributed by atoms with van der Waals surface area (Å²) in [6.45, 7) is 3.98. The lowest BCUT2D eigenvalue weighted by Crippen LogP contribution is -2.20. The maximum Gasteiger partial charge on any atom is 0.273 e. The monoisotopic (exact) mass is 300 g/mol. The average Bonchev–Trinajstić information content (AvgIpc) is 2.49. The minimum Gasteiger partial charge on any atom is -0.351 e. The molecule has 4 heteroatoms. The highest BCUT2D eigenvalue weighted by Crippen LogP contribution is 2.21. The highest BCUT2D eigenvalue weighted by atomic mass is 19.1. The first-order valence-electron chi connectivity index (χ1n) is 7.42. The molecule has 0 aliphatic carbocycles. The number of aryl methyl sites for hydroxylation is 2. The molecule has 0 unspecified atom stereocenters. The van der Waals surface area contributed by atoms with Gasteiger partial charge in [-0.3, -0.25) is 4.79 Å². The van der Waals surface area contributed by atoms with Crippen LogP contribution in [0.4, 0.5) is 10.1 Å². The van der Waals surface area contributed by atoms with E-state index in [9.17, 15) is 9.18 Å². The summed E-state index contributed by atoms with van der Waals surface area (Å²) in [6.07, 6.45) is 5.46. The molecule has 3 nitrogen and oxygen atoms in total. The van der Waals surface area contributed by atoms with E-state index < -0.39 is 0 Å². The van der Waals surface area contributed by atoms with Crippen LogP contribution in [0.5, 0.6) is 0 Å². The molecule has 0 fully saturated rings. The van der Waals surface area contributed by atoms with Gasteiger partial charge in [-0.15, -0.1) is 0 Å². The molecular weight excluding hydrogens is 279 g/mol. The Bertz CT molecular complexity index is 747. The molecule has 0 aliphatic heterocycles. The smallest absolute Gasteiger partial charge is 0.273 e. The third-order valence-electron chi connectivity index (χ3n) is 3.39. The number of nitrogens with one attached hydrogen (secondary N) is 1. The second kappa shape index (κ2) is 7.07. The normalized spacial score (nSPS) is 11.5. The molecule has 0 bridgehead atoms. The third-order valence-corrected chi connectivity index (χ3v) is 3.39. The summed E-state index contributed by atoms with van der Waals surface area (Å²) >= 11 is 0. The summed E-state index contributed by atoms with van der Waals surface area (Å²) in [4.78, 5) is 12.2. The Hall–Kier alpha value is -2.36. The first-order valence-corrected chi connectivity index (χ1v) is 7.42. The van der Waals surface area contributed by atoms with E-state index in [-0.39, 0.29) is 11.4 Å². The Morgan fingerprint density at radius 1 is 1.36 bits per heavy atom. The molecule has 116 valence electrons. The minimum absolute atomic E-state index is 0.135. The lowest BCUT2D eigenvalue weighted by Gasteiger charge is -2.13. The van der Waals surface area contributed by atoms with E-state index in [1.165, 1.54) is 10.6 Å². The van der Waals surface area contributed by atoms with Crippen molar-refractivity contribution in [2.75, 3.05) is 5.32 Å². The molecule has 1 aromatic carbocycles. The van der Waals surface area contributed by atoms with Crippen molar-refractivity contribution in [3.63, 3.8) is 0 Å². The molecule has 0 saturated carbocycles. The Balaban J connectivity index is 2.45. The van der Waals surface area contributed by atoms with Gasteiger partial charge in [-0.1, -0.05) is 31.6 Å². The molecular formula is C18H21FN2O. The quantitative estimate of drug-likeness (QED) is 0.902. The van der Waals surface area contributed by atoms with E-state index in [1.54, 1.807) is 37.5 Å². The van der Waals surface area contributed by atoms with Gasteiger partial charge in [0.05, 0.1) is 0 Å². The van der Waals surface area contributed by atoms with Crippen LogP contribution in [0.1, 0.15) is 30.9 Å². The van der Waals surface area contributed by atoms with Crippen LogP contribution in [-0.4, -0.2) is 4.57 Å². The van der Waals surface area contributed by atoms with Gasteiger partial charge in [-0.25, -0.2) is 4.39 Å². The van der Waals surface area contributed by atoms with Gasteiger partial charge in [0.1, 0.15) is 11.5 Å². The van der Waals surface area contributed by atoms with Gasteiger partial charge >= 0.3 is 0 Å². The molecule has 0 atom stereocenters. The van der Waals surface area contributed by atoms with Crippen molar-refractivity contribution in [2.24, 2.45) is 7.05 Å². The number of hydrogen-bond acceptors (Lipinski definition) is 2. The van der Waals surface area contributed by atoms with Gasteiger partial charge in [0.2, 0.25) is 0 Å². The molecule has 0 amide bonds. The highest BCUT2D eigenvalue weighted by Gasteiger charge is 2.10. The van der Waals surface area contributed by atoms with Gasteiger partial charge in [0.15, 0.2) is 0 Å². The Morgan fingerprint density at radius 3 is 2.77 bits per heavy atom. The van der Waals surface area contributed by atoms with E-state index in [0.717, 1.165) is 18.4 Å². The van der Waals surface area contributed by atoms with Crippen LogP contribution in [0.2, 0.25) is 0 Å². The Labute approximate surface area is 130 Å². The third kappa shape index (κ3) is 3.64. The van der Waals surface area contributed by atoms with Crippen molar-refractivity contribution in [1.82, 2.24) is 4.57 Å². The molecule has 0 aliphatic rings. The first kappa shape index (κ1) is 16.0. The van der Waals surface area contributed by atoms with Gasteiger partial charge in [-0.05, 0) is 37.1 Å². The number of benzene rings is 1. The summed E-state index contributed by atoms with van der Waals surface area (Å²) in [5.41, 5.74) is 2.38. The van der Waals surface area contributed by atoms with Crippen molar-refractivity contribution in [2.45, 2.75) is 26.7 Å². The van der Waals surface area contributed by atoms with Crippen LogP contribution < -0.4 is 10.9 Å². The van der Waals surface area contributed by atoms with Crippen LogP contribution in [-0.2, 0) is 7.05 Å². The van der Waals surface area contributed by atoms with Crippen molar-refractivity contribution in [1.29, 1.82) is 0 Å². The molecule has 0 radical (unpaired) electrons. The fourth-order valence-corrected chi connectivity index (χ4v) is 2.31. The molecule has 2 rings (SSSR count). The maximum absolute atomic E-state index is 14.1. The lowest BCUT2D eigenvalue weighted by molar-refractivity contribution is 0.624. The Kier molecular flexibility index (Phi) is 5.15. The van der Waals surface area contributed by atoms with E-state index >= 15 is 0 Å². The van der Waals surface area contributed by atoms with E-state index in [2.05, 4.69) is 12.2 Å². The van der Waals surface area contributed by atoms with Crippen molar-refractivity contribution >= 4 is 11.4 Å². The van der Waals surface area contributed by atoms with Crippen LogP contribution in [0.15, 0.2) is 47.4 Å². The summed E-state index contributed by atoms with van der Waals surface area (Å²) in [6, 6.07) is 8.36. The predicted molar refractivity (Wildman–Crippen MR) is 89.3 cm³/mol. The van der Waals surface area contributed by atoms with E-state index in [0.29, 0.717) is 16.9 Å². The summed E-state index contributed by atoms with van der Waals surface area (Å²) in [5.74, 6) is -0.304. The zero-order chi connectivity index (χ0) is 16.1. The summed E-state index contributed by atoms with van der Waals surface area (Å²) in [5, 5.41) is 3.11. The van der Waals surface area contributed by atoms with E-state index in [4.69, 9.17) is 0 Å². The summed E-state index contributed by atoms with van der Waals surface area (Å²) in [7, 11) is 1.71. The maximum atomic E-state index is 14.1. The molecule has 1 N–H and O–H groups in total. The Morgan fingerprint density at radius 2 is 2.09 bits per heavy atom. The molecule has 2 aromatic rings. The standard InChI is InChI=1S/C18H21FN2O/c1-4-5-10-16(14-8-6-7-9-15(14)19)20-17-11-13(2)12-21(3)18(17)22/h6-12,20H,4-5H2,1-3H3/b16-10-. The van der Waals surface area contributed by atoms with Crippen LogP contribution >= 0.6 is 0 Å². The SMILES string of the molecule is CCC/C=C(\Nc1cc(C)cn(C)c1=O)c1ccccc1F. The number of anilines is 1. The molecule has 1 heterocycles. The predicted octanol–water partition coefficient (Wildman–Crippen LogP) is 4.09. The van der Waals surface area contributed by atoms with Gasteiger partial charge < -0.3 is 9.88 Å². The molecule has 22 heavy (non-hydrogen) atoms. The minimum atomic E-state index is -0.304. The van der Waals surface area contributed by atoms with Crippen LogP contribution in [0.3, 0.4) is 0 Å². The lowest BCUT2D eigenvalue weighted by atomic mass is 10.1. The van der Waals surface area contributed by atoms with Crippen molar-refractivity contribution < 1.29 is 4.39 Å². The van der Waals surface area contributed by atoms with Gasteiger partial charge in [-0.2, -0.15) is 0 Å². The zero-order valence-corrected chi connectivity index (χ0v) is 13.2. The van der Waals surface area contributed by atoms with Gasteiger partial charge in [0, 0.05) is 24.5 Å². The zero-order valence-electron chi connectivity index (χ0n) is 13.2. The molecule has 1 aromatic heterocycles. The number of halogens is 1. The topological polar surface area (TPSA) is 34.0 Å². The van der Waals surface area contributed by atoms with Crippen molar-refractivity contribution in [3.05, 3.63) is 69.9 Å². The number of aromatic nitrogens is 1. The number of pyridine rings is 1. The first-order chi connectivity index (χ1) is 10.5. The number of allylic oxidation sites excluding steroid dienone is 1. The number of rotatable bonds is 5. The largest absolute Gasteiger partial charge is 0.351 e. The highest BCUT2D eigenvalue weighted by molar-refractivity contribution is 5.76. The number of hydrogen-bond donors (Lipinski definition) is 1. The number of unbranched alkanes of at least 4 members (excludes halogenated alkanes) is 1. The fraction of sp³-hybridized carbons (Fsp3) is 0.278. The van der Waals surface area contributed by atoms with Crippen LogP contribution in [0, 0.1) is 12.7 Å². The van der Waals surface area contributed by atoms with Gasteiger partial charge in [0.25, 0.3) is 5.56 Å². The molecule has 0 saturated heterocycles. The fourth-order valence-electron chi connectivity index (χ4n) is 2.31. The molecule has 0 spiro atoms. The van der Waals surface area contributed by atoms with E-state index in [1.807, 2.05) is 13.0 Å². The average molecular weight is 300 g/mol. The number of nitrogens with zero attached hydrogens (tertiary/aromatic N) is 1. The van der Waals surface area contributed by atoms with Crippen molar-refractivity contribution in [3.8, 4) is 0 Å². The van der Waals surface area contributed by atoms with Crippen LogP contribution in [0.25, 0.3) is 5.70 Å².